The number of benzene rings is 13. The summed E-state index contributed by atoms with van der Waals surface area (Å²) in [6, 6.07) is 135. The molecule has 0 N–H and O–H groups in total. The van der Waals surface area contributed by atoms with Gasteiger partial charge in [0.05, 0.1) is 28.5 Å². The summed E-state index contributed by atoms with van der Waals surface area (Å²) in [5, 5.41) is 0. The molecule has 0 spiro atoms. The quantitative estimate of drug-likeness (QED) is 0.109. The van der Waals surface area contributed by atoms with Gasteiger partial charge in [0.1, 0.15) is 5.82 Å². The highest BCUT2D eigenvalue weighted by Crippen LogP contribution is 2.33. The molecule has 544 valence electrons. The van der Waals surface area contributed by atoms with Crippen molar-refractivity contribution in [2.45, 2.75) is 34.6 Å². The molecule has 0 aliphatic carbocycles. The van der Waals surface area contributed by atoms with Gasteiger partial charge in [0, 0.05) is 72.5 Å². The van der Waals surface area contributed by atoms with E-state index < -0.39 is 0 Å². The van der Waals surface area contributed by atoms with Crippen molar-refractivity contribution in [2.24, 2.45) is 0 Å². The Kier molecular flexibility index (Phi) is 24.8. The number of nitrogens with zero attached hydrogens (tertiary/aromatic N) is 11. The third-order valence-corrected chi connectivity index (χ3v) is 18.2. The molecule has 13 aromatic carbocycles. The van der Waals surface area contributed by atoms with Crippen LogP contribution in [0.4, 0.5) is 0 Å². The standard InChI is InChI=1S/2C23H18N2.C22H17N3.C18H15N.C16H13N3/c1-17-9-8-14-20(15-17)22-16-21(18-10-4-2-5-11-18)24-23(25-22)19-12-6-3-7-13-19;1-17-9-8-14-20(15-17)23-24-21(18-10-4-2-5-11-18)16-22(25-23)19-12-6-3-7-13-19;1-16-9-8-14-19(15-16)22-24-20(17-10-4-2-5-11-17)23-21(25-22)18-12-6-3-7-13-18;1-14-12-17(15-8-4-2-5-9-15)13-18(19-14)16-10-6-3-7-11-16;1-12-17-15(13-8-4-2-5-9-13)19-16(18-12)14-10-6-3-7-11-14/h2*2-16H,1H3;2-15H,1H3;2-13H,1H3;2-11H,1H3. The summed E-state index contributed by atoms with van der Waals surface area (Å²) in [6.07, 6.45) is 0. The number of hydrogen-bond acceptors (Lipinski definition) is 11. The molecule has 0 atom stereocenters. The van der Waals surface area contributed by atoms with Gasteiger partial charge >= 0.3 is 0 Å². The maximum Gasteiger partial charge on any atom is 0.164 e. The Morgan fingerprint density at radius 1 is 0.133 bits per heavy atom. The molecule has 11 heteroatoms. The van der Waals surface area contributed by atoms with E-state index in [1.807, 2.05) is 263 Å². The molecule has 113 heavy (non-hydrogen) atoms. The fourth-order valence-corrected chi connectivity index (χ4v) is 12.6. The van der Waals surface area contributed by atoms with Crippen LogP contribution in [0.15, 0.2) is 400 Å². The summed E-state index contributed by atoms with van der Waals surface area (Å²) in [4.78, 5) is 51.4. The van der Waals surface area contributed by atoms with Crippen molar-refractivity contribution in [3.63, 3.8) is 0 Å². The summed E-state index contributed by atoms with van der Waals surface area (Å²) in [7, 11) is 0. The molecule has 11 nitrogen and oxygen atoms in total. The molecule has 18 aromatic rings. The number of hydrogen-bond donors (Lipinski definition) is 0. The monoisotopic (exact) mass is 1460 g/mol. The van der Waals surface area contributed by atoms with Crippen molar-refractivity contribution in [1.29, 1.82) is 0 Å². The van der Waals surface area contributed by atoms with Gasteiger partial charge in [-0.2, -0.15) is 0 Å². The molecule has 5 aromatic heterocycles. The van der Waals surface area contributed by atoms with Gasteiger partial charge in [-0.05, 0) is 88.2 Å². The van der Waals surface area contributed by atoms with E-state index >= 15 is 0 Å². The van der Waals surface area contributed by atoms with E-state index in [4.69, 9.17) is 34.9 Å². The minimum atomic E-state index is 0.686. The maximum absolute atomic E-state index is 4.83. The molecule has 0 aliphatic heterocycles. The zero-order valence-electron chi connectivity index (χ0n) is 63.5. The maximum atomic E-state index is 4.83. The molecule has 0 saturated carbocycles. The van der Waals surface area contributed by atoms with E-state index in [2.05, 4.69) is 192 Å². The molecule has 0 bridgehead atoms. The largest absolute Gasteiger partial charge is 0.253 e. The SMILES string of the molecule is Cc1cc(-c2ccccc2)cc(-c2ccccc2)n1.Cc1cccc(-c2cc(-c3ccccc3)nc(-c3ccccc3)n2)c1.Cc1cccc(-c2nc(-c3ccccc3)cc(-c3ccccc3)n2)c1.Cc1cccc(-c2nc(-c3ccccc3)nc(-c3ccccc3)n2)c1.Cc1nc(-c2ccccc2)nc(-c2ccccc2)n1. The first kappa shape index (κ1) is 75.0. The Balaban J connectivity index is 0.000000118. The van der Waals surface area contributed by atoms with Gasteiger partial charge in [-0.15, -0.1) is 0 Å². The molecule has 0 amide bonds. The lowest BCUT2D eigenvalue weighted by molar-refractivity contribution is 0.992. The Morgan fingerprint density at radius 2 is 0.345 bits per heavy atom. The third kappa shape index (κ3) is 20.5. The van der Waals surface area contributed by atoms with E-state index in [-0.39, 0.29) is 0 Å². The van der Waals surface area contributed by atoms with Gasteiger partial charge in [0.25, 0.3) is 0 Å². The molecule has 0 unspecified atom stereocenters. The van der Waals surface area contributed by atoms with Gasteiger partial charge < -0.3 is 0 Å². The third-order valence-electron chi connectivity index (χ3n) is 18.2. The summed E-state index contributed by atoms with van der Waals surface area (Å²) >= 11 is 0. The van der Waals surface area contributed by atoms with Crippen molar-refractivity contribution < 1.29 is 0 Å². The van der Waals surface area contributed by atoms with Gasteiger partial charge in [-0.1, -0.05) is 375 Å². The van der Waals surface area contributed by atoms with Gasteiger partial charge in [-0.3, -0.25) is 4.98 Å². The van der Waals surface area contributed by atoms with Gasteiger partial charge in [-0.25, -0.2) is 49.8 Å². The van der Waals surface area contributed by atoms with E-state index in [9.17, 15) is 0 Å². The van der Waals surface area contributed by atoms with Crippen LogP contribution < -0.4 is 0 Å². The van der Waals surface area contributed by atoms with E-state index in [0.717, 1.165) is 118 Å². The van der Waals surface area contributed by atoms with Crippen LogP contribution >= 0.6 is 0 Å². The molecule has 0 radical (unpaired) electrons. The predicted molar refractivity (Wildman–Crippen MR) is 462 cm³/mol. The summed E-state index contributed by atoms with van der Waals surface area (Å²) in [5.41, 5.74) is 24.4. The summed E-state index contributed by atoms with van der Waals surface area (Å²) in [6.45, 7) is 10.2. The summed E-state index contributed by atoms with van der Waals surface area (Å²) in [5.74, 6) is 5.72. The minimum Gasteiger partial charge on any atom is -0.253 e. The highest BCUT2D eigenvalue weighted by atomic mass is 15.0. The second-order valence-electron chi connectivity index (χ2n) is 26.9. The van der Waals surface area contributed by atoms with E-state index in [0.29, 0.717) is 29.1 Å². The fraction of sp³-hybridized carbons (Fsp3) is 0.0490. The summed E-state index contributed by atoms with van der Waals surface area (Å²) < 4.78 is 0. The van der Waals surface area contributed by atoms with E-state index in [1.54, 1.807) is 0 Å². The lowest BCUT2D eigenvalue weighted by Gasteiger charge is -2.09. The Bertz CT molecular complexity index is 5260. The lowest BCUT2D eigenvalue weighted by atomic mass is 10.0. The van der Waals surface area contributed by atoms with E-state index in [1.165, 1.54) is 27.8 Å². The van der Waals surface area contributed by atoms with Crippen molar-refractivity contribution in [2.75, 3.05) is 0 Å². The smallest absolute Gasteiger partial charge is 0.164 e. The minimum absolute atomic E-state index is 0.686. The lowest BCUT2D eigenvalue weighted by Crippen LogP contribution is -2.00. The number of pyridine rings is 1. The second-order valence-corrected chi connectivity index (χ2v) is 26.9. The highest BCUT2D eigenvalue weighted by Gasteiger charge is 2.16. The fourth-order valence-electron chi connectivity index (χ4n) is 12.6. The van der Waals surface area contributed by atoms with Crippen molar-refractivity contribution in [3.05, 3.63) is 429 Å². The molecule has 18 rings (SSSR count). The van der Waals surface area contributed by atoms with Crippen LogP contribution in [0.3, 0.4) is 0 Å². The van der Waals surface area contributed by atoms with Crippen LogP contribution in [-0.2, 0) is 0 Å². The normalized spacial score (nSPS) is 10.5. The Hall–Kier alpha value is -14.8. The molecule has 0 fully saturated rings. The number of rotatable bonds is 13. The van der Waals surface area contributed by atoms with Crippen LogP contribution in [0.5, 0.6) is 0 Å². The Morgan fingerprint density at radius 3 is 0.646 bits per heavy atom. The zero-order valence-corrected chi connectivity index (χ0v) is 63.5. The Labute approximate surface area is 661 Å². The van der Waals surface area contributed by atoms with Crippen LogP contribution in [0.1, 0.15) is 28.2 Å². The number of aromatic nitrogens is 11. The van der Waals surface area contributed by atoms with Crippen molar-refractivity contribution in [3.8, 4) is 147 Å². The highest BCUT2D eigenvalue weighted by molar-refractivity contribution is 5.76. The predicted octanol–water partition coefficient (Wildman–Crippen LogP) is 25.0. The average Bonchev–Trinajstić information content (AvgIpc) is 0.893. The van der Waals surface area contributed by atoms with Gasteiger partial charge in [0.2, 0.25) is 0 Å². The second kappa shape index (κ2) is 37.3. The molecule has 0 aliphatic rings. The van der Waals surface area contributed by atoms with Crippen LogP contribution in [-0.4, -0.2) is 54.8 Å². The van der Waals surface area contributed by atoms with Crippen LogP contribution in [0.2, 0.25) is 0 Å². The molecule has 0 saturated heterocycles. The van der Waals surface area contributed by atoms with Crippen LogP contribution in [0, 0.1) is 34.6 Å². The zero-order chi connectivity index (χ0) is 77.3. The van der Waals surface area contributed by atoms with Crippen molar-refractivity contribution in [1.82, 2.24) is 54.8 Å². The average molecular weight is 1460 g/mol. The van der Waals surface area contributed by atoms with Gasteiger partial charge in [0.15, 0.2) is 40.8 Å². The topological polar surface area (TPSA) is 142 Å². The molecular formula is C102H81N11. The number of aryl methyl sites for hydroxylation is 5. The first-order valence-corrected chi connectivity index (χ1v) is 37.5. The van der Waals surface area contributed by atoms with Crippen LogP contribution in [0.25, 0.3) is 147 Å². The first-order valence-electron chi connectivity index (χ1n) is 37.5. The first-order chi connectivity index (χ1) is 55.5. The molecule has 5 heterocycles. The molecular weight excluding hydrogens is 1380 g/mol. The van der Waals surface area contributed by atoms with Crippen molar-refractivity contribution >= 4 is 0 Å².